The monoisotopic (exact) mass is 285 g/mol. The smallest absolute Gasteiger partial charge is 0.269 e. The highest BCUT2D eigenvalue weighted by Crippen LogP contribution is 2.21. The van der Waals surface area contributed by atoms with E-state index >= 15 is 0 Å². The van der Waals surface area contributed by atoms with E-state index in [1.165, 1.54) is 0 Å². The predicted octanol–water partition coefficient (Wildman–Crippen LogP) is 1.40. The Balaban J connectivity index is 1.73. The van der Waals surface area contributed by atoms with E-state index < -0.39 is 11.0 Å². The van der Waals surface area contributed by atoms with Gasteiger partial charge in [0.1, 0.15) is 0 Å². The zero-order chi connectivity index (χ0) is 13.9. The molecule has 20 heavy (non-hydrogen) atoms. The minimum absolute atomic E-state index is 0.275. The lowest BCUT2D eigenvalue weighted by molar-refractivity contribution is 0.0944. The van der Waals surface area contributed by atoms with E-state index in [4.69, 9.17) is 0 Å². The molecule has 0 spiro atoms. The van der Waals surface area contributed by atoms with Gasteiger partial charge in [-0.2, -0.15) is 4.40 Å². The normalized spacial score (nSPS) is 16.2. The van der Waals surface area contributed by atoms with Crippen molar-refractivity contribution in [3.05, 3.63) is 65.7 Å². The molecule has 2 aromatic carbocycles. The molecule has 0 bridgehead atoms. The van der Waals surface area contributed by atoms with Gasteiger partial charge in [0.25, 0.3) is 5.91 Å². The summed E-state index contributed by atoms with van der Waals surface area (Å²) in [5.74, 6) is 0.131. The highest BCUT2D eigenvalue weighted by Gasteiger charge is 2.21. The van der Waals surface area contributed by atoms with E-state index in [1.54, 1.807) is 42.5 Å². The summed E-state index contributed by atoms with van der Waals surface area (Å²) in [6, 6.07) is 16.0. The number of rotatable bonds is 1. The zero-order valence-corrected chi connectivity index (χ0v) is 11.2. The van der Waals surface area contributed by atoms with Gasteiger partial charge in [0.2, 0.25) is 0 Å². The SMILES string of the molecule is O=C(NNC1=NS(=O)c2ccccc21)c1ccccc1. The number of amides is 1. The first-order valence-electron chi connectivity index (χ1n) is 5.97. The van der Waals surface area contributed by atoms with Crippen molar-refractivity contribution in [1.82, 2.24) is 10.9 Å². The van der Waals surface area contributed by atoms with Gasteiger partial charge >= 0.3 is 0 Å². The molecular formula is C14H11N3O2S. The molecule has 2 aromatic rings. The van der Waals surface area contributed by atoms with E-state index in [0.717, 1.165) is 5.56 Å². The molecule has 0 saturated carbocycles. The first kappa shape index (κ1) is 12.6. The third kappa shape index (κ3) is 2.33. The number of fused-ring (bicyclic) bond motifs is 1. The molecule has 0 aliphatic carbocycles. The second-order valence-electron chi connectivity index (χ2n) is 4.13. The number of benzene rings is 2. The van der Waals surface area contributed by atoms with Crippen molar-refractivity contribution in [2.75, 3.05) is 0 Å². The van der Waals surface area contributed by atoms with Crippen LogP contribution in [0.4, 0.5) is 0 Å². The maximum Gasteiger partial charge on any atom is 0.269 e. The van der Waals surface area contributed by atoms with E-state index in [0.29, 0.717) is 16.3 Å². The van der Waals surface area contributed by atoms with Gasteiger partial charge in [-0.1, -0.05) is 30.3 Å². The minimum Gasteiger partial charge on any atom is -0.280 e. The molecule has 1 aliphatic rings. The van der Waals surface area contributed by atoms with Crippen LogP contribution < -0.4 is 10.9 Å². The second kappa shape index (κ2) is 5.26. The molecule has 100 valence electrons. The van der Waals surface area contributed by atoms with Crippen molar-refractivity contribution < 1.29 is 9.00 Å². The number of nitrogens with one attached hydrogen (secondary N) is 2. The largest absolute Gasteiger partial charge is 0.280 e. The molecule has 0 fully saturated rings. The van der Waals surface area contributed by atoms with Crippen LogP contribution in [0.15, 0.2) is 63.9 Å². The summed E-state index contributed by atoms with van der Waals surface area (Å²) in [5, 5.41) is 0. The molecule has 0 saturated heterocycles. The van der Waals surface area contributed by atoms with Gasteiger partial charge in [-0.3, -0.25) is 15.6 Å². The lowest BCUT2D eigenvalue weighted by Gasteiger charge is -2.08. The fraction of sp³-hybridized carbons (Fsp3) is 0. The average molecular weight is 285 g/mol. The zero-order valence-electron chi connectivity index (χ0n) is 10.4. The standard InChI is InChI=1S/C14H11N3O2S/c18-14(10-6-2-1-3-7-10)16-15-13-11-8-4-5-9-12(11)20(19)17-13/h1-9H,(H,15,17)(H,16,18). The molecule has 1 heterocycles. The van der Waals surface area contributed by atoms with Crippen molar-refractivity contribution >= 4 is 22.7 Å². The van der Waals surface area contributed by atoms with Gasteiger partial charge in [-0.25, -0.2) is 4.21 Å². The summed E-state index contributed by atoms with van der Waals surface area (Å²) in [6.45, 7) is 0. The number of nitrogens with zero attached hydrogens (tertiary/aromatic N) is 1. The highest BCUT2D eigenvalue weighted by molar-refractivity contribution is 7.84. The Hall–Kier alpha value is -2.47. The van der Waals surface area contributed by atoms with Crippen LogP contribution in [0, 0.1) is 0 Å². The van der Waals surface area contributed by atoms with Crippen molar-refractivity contribution in [2.24, 2.45) is 4.40 Å². The molecule has 2 N–H and O–H groups in total. The molecule has 1 aliphatic heterocycles. The van der Waals surface area contributed by atoms with Gasteiger partial charge < -0.3 is 0 Å². The van der Waals surface area contributed by atoms with E-state index in [2.05, 4.69) is 15.2 Å². The summed E-state index contributed by atoms with van der Waals surface area (Å²) in [4.78, 5) is 12.5. The van der Waals surface area contributed by atoms with Gasteiger partial charge in [0, 0.05) is 11.1 Å². The Kier molecular flexibility index (Phi) is 3.30. The minimum atomic E-state index is -1.41. The van der Waals surface area contributed by atoms with Crippen molar-refractivity contribution in [3.8, 4) is 0 Å². The summed E-state index contributed by atoms with van der Waals surface area (Å²) >= 11 is 0. The van der Waals surface area contributed by atoms with Crippen LogP contribution in [0.2, 0.25) is 0 Å². The summed E-state index contributed by atoms with van der Waals surface area (Å²) in [6.07, 6.45) is 0. The quantitative estimate of drug-likeness (QED) is 0.778. The maximum atomic E-state index is 11.9. The third-order valence-corrected chi connectivity index (χ3v) is 3.92. The van der Waals surface area contributed by atoms with E-state index in [1.807, 2.05) is 12.1 Å². The van der Waals surface area contributed by atoms with Crippen LogP contribution in [-0.4, -0.2) is 16.0 Å². The third-order valence-electron chi connectivity index (χ3n) is 2.83. The lowest BCUT2D eigenvalue weighted by atomic mass is 10.2. The Morgan fingerprint density at radius 1 is 1.00 bits per heavy atom. The Bertz CT molecular complexity index is 713. The maximum absolute atomic E-state index is 11.9. The van der Waals surface area contributed by atoms with Gasteiger partial charge in [-0.15, -0.1) is 0 Å². The number of carbonyl (C=O) groups is 1. The average Bonchev–Trinajstić information content (AvgIpc) is 2.83. The van der Waals surface area contributed by atoms with Gasteiger partial charge in [0.05, 0.1) is 4.90 Å². The fourth-order valence-electron chi connectivity index (χ4n) is 1.86. The van der Waals surface area contributed by atoms with Crippen LogP contribution >= 0.6 is 0 Å². The van der Waals surface area contributed by atoms with Crippen LogP contribution in [-0.2, 0) is 11.0 Å². The first-order valence-corrected chi connectivity index (χ1v) is 7.08. The van der Waals surface area contributed by atoms with Crippen molar-refractivity contribution in [1.29, 1.82) is 0 Å². The molecule has 0 radical (unpaired) electrons. The van der Waals surface area contributed by atoms with Crippen LogP contribution in [0.5, 0.6) is 0 Å². The molecule has 5 nitrogen and oxygen atoms in total. The molecule has 1 amide bonds. The molecule has 6 heteroatoms. The second-order valence-corrected chi connectivity index (χ2v) is 5.25. The number of hydrogen-bond donors (Lipinski definition) is 2. The lowest BCUT2D eigenvalue weighted by Crippen LogP contribution is -2.41. The highest BCUT2D eigenvalue weighted by atomic mass is 32.2. The van der Waals surface area contributed by atoms with Crippen LogP contribution in [0.1, 0.15) is 15.9 Å². The van der Waals surface area contributed by atoms with Crippen LogP contribution in [0.25, 0.3) is 0 Å². The van der Waals surface area contributed by atoms with Gasteiger partial charge in [0.15, 0.2) is 16.8 Å². The summed E-state index contributed by atoms with van der Waals surface area (Å²) in [7, 11) is -1.41. The molecular weight excluding hydrogens is 274 g/mol. The molecule has 3 rings (SSSR count). The van der Waals surface area contributed by atoms with E-state index in [-0.39, 0.29) is 5.91 Å². The number of amidine groups is 1. The van der Waals surface area contributed by atoms with Crippen molar-refractivity contribution in [3.63, 3.8) is 0 Å². The summed E-state index contributed by atoms with van der Waals surface area (Å²) in [5.41, 5.74) is 6.54. The Morgan fingerprint density at radius 2 is 1.70 bits per heavy atom. The van der Waals surface area contributed by atoms with Gasteiger partial charge in [-0.05, 0) is 24.3 Å². The van der Waals surface area contributed by atoms with Crippen molar-refractivity contribution in [2.45, 2.75) is 4.90 Å². The summed E-state index contributed by atoms with van der Waals surface area (Å²) < 4.78 is 15.7. The Labute approximate surface area is 118 Å². The number of hydrogen-bond acceptors (Lipinski definition) is 3. The Morgan fingerprint density at radius 3 is 2.50 bits per heavy atom. The van der Waals surface area contributed by atoms with Crippen LogP contribution in [0.3, 0.4) is 0 Å². The molecule has 1 atom stereocenters. The number of carbonyl (C=O) groups excluding carboxylic acids is 1. The molecule has 0 aromatic heterocycles. The topological polar surface area (TPSA) is 70.6 Å². The predicted molar refractivity (Wildman–Crippen MR) is 76.4 cm³/mol. The molecule has 1 unspecified atom stereocenters. The van der Waals surface area contributed by atoms with E-state index in [9.17, 15) is 9.00 Å². The first-order chi connectivity index (χ1) is 9.75. The number of hydrazine groups is 1. The fourth-order valence-corrected chi connectivity index (χ4v) is 2.82.